The van der Waals surface area contributed by atoms with Crippen molar-refractivity contribution in [2.75, 3.05) is 0 Å². The van der Waals surface area contributed by atoms with Gasteiger partial charge in [-0.05, 0) is 57.2 Å². The largest absolute Gasteiger partial charge is 0.457 e. The number of hydrazine groups is 1. The van der Waals surface area contributed by atoms with Gasteiger partial charge in [0.05, 0.1) is 5.54 Å². The molecule has 0 saturated carbocycles. The molecule has 0 aromatic heterocycles. The molecule has 21 heavy (non-hydrogen) atoms. The summed E-state index contributed by atoms with van der Waals surface area (Å²) < 4.78 is 5.68. The third-order valence-corrected chi connectivity index (χ3v) is 3.02. The minimum atomic E-state index is -0.420. The van der Waals surface area contributed by atoms with Crippen LogP contribution in [0.5, 0.6) is 11.5 Å². The molecule has 0 radical (unpaired) electrons. The first-order chi connectivity index (χ1) is 9.88. The molecule has 2 rings (SSSR count). The van der Waals surface area contributed by atoms with E-state index in [1.807, 2.05) is 51.1 Å². The van der Waals surface area contributed by atoms with Crippen molar-refractivity contribution in [3.05, 3.63) is 60.2 Å². The lowest BCUT2D eigenvalue weighted by Gasteiger charge is -2.31. The summed E-state index contributed by atoms with van der Waals surface area (Å²) in [5.74, 6) is 7.06. The van der Waals surface area contributed by atoms with Gasteiger partial charge in [-0.2, -0.15) is 0 Å². The zero-order valence-corrected chi connectivity index (χ0v) is 12.5. The highest BCUT2D eigenvalue weighted by atomic mass is 16.5. The summed E-state index contributed by atoms with van der Waals surface area (Å²) in [6.07, 6.45) is 0. The predicted molar refractivity (Wildman–Crippen MR) is 83.1 cm³/mol. The fourth-order valence-electron chi connectivity index (χ4n) is 1.73. The summed E-state index contributed by atoms with van der Waals surface area (Å²) in [5, 5.41) is 1.24. The Balaban J connectivity index is 2.10. The highest BCUT2D eigenvalue weighted by Gasteiger charge is 2.24. The van der Waals surface area contributed by atoms with Crippen LogP contribution < -0.4 is 10.6 Å². The van der Waals surface area contributed by atoms with Crippen molar-refractivity contribution in [1.29, 1.82) is 0 Å². The number of ether oxygens (including phenoxy) is 1. The Hall–Kier alpha value is -2.33. The maximum atomic E-state index is 12.2. The summed E-state index contributed by atoms with van der Waals surface area (Å²) in [6.45, 7) is 5.66. The highest BCUT2D eigenvalue weighted by Crippen LogP contribution is 2.22. The lowest BCUT2D eigenvalue weighted by Crippen LogP contribution is -2.50. The van der Waals surface area contributed by atoms with Crippen molar-refractivity contribution in [1.82, 2.24) is 5.01 Å². The number of rotatable bonds is 3. The van der Waals surface area contributed by atoms with Crippen molar-refractivity contribution in [3.63, 3.8) is 0 Å². The minimum absolute atomic E-state index is 0.214. The zero-order valence-electron chi connectivity index (χ0n) is 12.5. The number of nitrogens with two attached hydrogens (primary N) is 1. The molecule has 0 bridgehead atoms. The quantitative estimate of drug-likeness (QED) is 0.532. The fraction of sp³-hybridized carbons (Fsp3) is 0.235. The van der Waals surface area contributed by atoms with E-state index in [2.05, 4.69) is 0 Å². The van der Waals surface area contributed by atoms with Crippen LogP contribution in [-0.4, -0.2) is 16.5 Å². The standard InChI is InChI=1S/C17H20N2O2/c1-17(2,3)19(18)16(20)13-9-11-15(12-10-13)21-14-7-5-4-6-8-14/h4-12H,18H2,1-3H3. The maximum Gasteiger partial charge on any atom is 0.268 e. The second-order valence-corrected chi connectivity index (χ2v) is 5.79. The molecular formula is C17H20N2O2. The second-order valence-electron chi connectivity index (χ2n) is 5.79. The molecular weight excluding hydrogens is 264 g/mol. The van der Waals surface area contributed by atoms with E-state index in [4.69, 9.17) is 10.6 Å². The van der Waals surface area contributed by atoms with Crippen molar-refractivity contribution < 1.29 is 9.53 Å². The van der Waals surface area contributed by atoms with Crippen LogP contribution in [0.3, 0.4) is 0 Å². The van der Waals surface area contributed by atoms with Gasteiger partial charge < -0.3 is 4.74 Å². The molecule has 4 nitrogen and oxygen atoms in total. The Labute approximate surface area is 125 Å². The SMILES string of the molecule is CC(C)(C)N(N)C(=O)c1ccc(Oc2ccccc2)cc1. The van der Waals surface area contributed by atoms with Crippen LogP contribution in [0.25, 0.3) is 0 Å². The van der Waals surface area contributed by atoms with Crippen LogP contribution in [0.1, 0.15) is 31.1 Å². The average Bonchev–Trinajstić information content (AvgIpc) is 2.46. The molecule has 0 heterocycles. The molecule has 2 N–H and O–H groups in total. The van der Waals surface area contributed by atoms with Crippen molar-refractivity contribution in [2.45, 2.75) is 26.3 Å². The summed E-state index contributed by atoms with van der Waals surface area (Å²) >= 11 is 0. The van der Waals surface area contributed by atoms with Gasteiger partial charge in [-0.15, -0.1) is 0 Å². The Morgan fingerprint density at radius 1 is 0.952 bits per heavy atom. The van der Waals surface area contributed by atoms with Gasteiger partial charge in [-0.1, -0.05) is 18.2 Å². The first kappa shape index (κ1) is 15.1. The molecule has 0 spiro atoms. The molecule has 0 aliphatic heterocycles. The Kier molecular flexibility index (Phi) is 4.29. The Morgan fingerprint density at radius 3 is 2.00 bits per heavy atom. The smallest absolute Gasteiger partial charge is 0.268 e. The number of carbonyl (C=O) groups excluding carboxylic acids is 1. The van der Waals surface area contributed by atoms with Crippen molar-refractivity contribution in [3.8, 4) is 11.5 Å². The van der Waals surface area contributed by atoms with Gasteiger partial charge in [0, 0.05) is 5.56 Å². The van der Waals surface area contributed by atoms with E-state index in [9.17, 15) is 4.79 Å². The average molecular weight is 284 g/mol. The predicted octanol–water partition coefficient (Wildman–Crippen LogP) is 3.59. The highest BCUT2D eigenvalue weighted by molar-refractivity contribution is 5.94. The normalized spacial score (nSPS) is 11.0. The molecule has 0 aliphatic rings. The molecule has 110 valence electrons. The molecule has 0 saturated heterocycles. The van der Waals surface area contributed by atoms with Crippen LogP contribution in [0.2, 0.25) is 0 Å². The number of hydrogen-bond donors (Lipinski definition) is 1. The minimum Gasteiger partial charge on any atom is -0.457 e. The van der Waals surface area contributed by atoms with Gasteiger partial charge in [0.15, 0.2) is 0 Å². The number of amides is 1. The first-order valence-corrected chi connectivity index (χ1v) is 6.80. The molecule has 0 atom stereocenters. The van der Waals surface area contributed by atoms with Crippen LogP contribution in [0, 0.1) is 0 Å². The van der Waals surface area contributed by atoms with E-state index in [1.54, 1.807) is 24.3 Å². The third-order valence-electron chi connectivity index (χ3n) is 3.02. The Bertz CT molecular complexity index is 601. The number of benzene rings is 2. The van der Waals surface area contributed by atoms with E-state index >= 15 is 0 Å². The molecule has 4 heteroatoms. The van der Waals surface area contributed by atoms with E-state index in [1.165, 1.54) is 5.01 Å². The lowest BCUT2D eigenvalue weighted by molar-refractivity contribution is 0.0582. The summed E-state index contributed by atoms with van der Waals surface area (Å²) in [6, 6.07) is 16.4. The number of para-hydroxylation sites is 1. The molecule has 2 aromatic rings. The molecule has 1 amide bonds. The van der Waals surface area contributed by atoms with E-state index in [-0.39, 0.29) is 5.91 Å². The van der Waals surface area contributed by atoms with Crippen molar-refractivity contribution in [2.24, 2.45) is 5.84 Å². The number of nitrogens with zero attached hydrogens (tertiary/aromatic N) is 1. The lowest BCUT2D eigenvalue weighted by atomic mass is 10.1. The maximum absolute atomic E-state index is 12.2. The number of carbonyl (C=O) groups is 1. The molecule has 2 aromatic carbocycles. The fourth-order valence-corrected chi connectivity index (χ4v) is 1.73. The third kappa shape index (κ3) is 3.83. The van der Waals surface area contributed by atoms with Gasteiger partial charge in [0.25, 0.3) is 5.91 Å². The molecule has 0 aliphatic carbocycles. The molecule has 0 unspecified atom stereocenters. The van der Waals surface area contributed by atoms with Crippen LogP contribution >= 0.6 is 0 Å². The summed E-state index contributed by atoms with van der Waals surface area (Å²) in [7, 11) is 0. The monoisotopic (exact) mass is 284 g/mol. The van der Waals surface area contributed by atoms with E-state index in [0.717, 1.165) is 5.75 Å². The van der Waals surface area contributed by atoms with Crippen molar-refractivity contribution >= 4 is 5.91 Å². The first-order valence-electron chi connectivity index (χ1n) is 6.80. The zero-order chi connectivity index (χ0) is 15.5. The van der Waals surface area contributed by atoms with E-state index < -0.39 is 5.54 Å². The van der Waals surface area contributed by atoms with Crippen LogP contribution in [0.15, 0.2) is 54.6 Å². The van der Waals surface area contributed by atoms with E-state index in [0.29, 0.717) is 11.3 Å². The van der Waals surface area contributed by atoms with Crippen LogP contribution in [-0.2, 0) is 0 Å². The number of hydrogen-bond acceptors (Lipinski definition) is 3. The summed E-state index contributed by atoms with van der Waals surface area (Å²) in [5.41, 5.74) is 0.115. The van der Waals surface area contributed by atoms with Gasteiger partial charge in [-0.3, -0.25) is 9.80 Å². The van der Waals surface area contributed by atoms with Crippen LogP contribution in [0.4, 0.5) is 0 Å². The van der Waals surface area contributed by atoms with Gasteiger partial charge in [0.2, 0.25) is 0 Å². The molecule has 0 fully saturated rings. The van der Waals surface area contributed by atoms with Gasteiger partial charge >= 0.3 is 0 Å². The Morgan fingerprint density at radius 2 is 1.48 bits per heavy atom. The topological polar surface area (TPSA) is 55.6 Å². The second kappa shape index (κ2) is 5.97. The van der Waals surface area contributed by atoms with Gasteiger partial charge in [0.1, 0.15) is 11.5 Å². The summed E-state index contributed by atoms with van der Waals surface area (Å²) in [4.78, 5) is 12.2. The van der Waals surface area contributed by atoms with Gasteiger partial charge in [-0.25, -0.2) is 5.84 Å².